The van der Waals surface area contributed by atoms with Crippen molar-refractivity contribution >= 4 is 6.03 Å². The highest BCUT2D eigenvalue weighted by Gasteiger charge is 2.12. The third-order valence-electron chi connectivity index (χ3n) is 2.23. The van der Waals surface area contributed by atoms with Crippen molar-refractivity contribution in [2.45, 2.75) is 32.9 Å². The van der Waals surface area contributed by atoms with Crippen LogP contribution in [0.25, 0.3) is 0 Å². The van der Waals surface area contributed by atoms with Crippen LogP contribution in [0.3, 0.4) is 0 Å². The molecule has 0 bridgehead atoms. The second-order valence-electron chi connectivity index (χ2n) is 4.33. The van der Waals surface area contributed by atoms with Gasteiger partial charge in [0.15, 0.2) is 0 Å². The van der Waals surface area contributed by atoms with Gasteiger partial charge in [-0.1, -0.05) is 19.0 Å². The highest BCUT2D eigenvalue weighted by Crippen LogP contribution is 2.03. The van der Waals surface area contributed by atoms with Gasteiger partial charge in [0.25, 0.3) is 0 Å². The Labute approximate surface area is 100 Å². The van der Waals surface area contributed by atoms with Crippen molar-refractivity contribution in [2.24, 2.45) is 5.92 Å². The predicted octanol–water partition coefficient (Wildman–Crippen LogP) is 0.881. The summed E-state index contributed by atoms with van der Waals surface area (Å²) >= 11 is 0. The maximum absolute atomic E-state index is 11.5. The lowest BCUT2D eigenvalue weighted by Gasteiger charge is -2.18. The van der Waals surface area contributed by atoms with Gasteiger partial charge < -0.3 is 20.3 Å². The average Bonchev–Trinajstić information content (AvgIpc) is 2.77. The fraction of sp³-hybridized carbons (Fsp3) is 0.636. The molecule has 1 aromatic rings. The lowest BCUT2D eigenvalue weighted by molar-refractivity contribution is 0.206. The van der Waals surface area contributed by atoms with Gasteiger partial charge in [-0.05, 0) is 12.3 Å². The van der Waals surface area contributed by atoms with E-state index in [1.165, 1.54) is 6.26 Å². The van der Waals surface area contributed by atoms with Crippen molar-refractivity contribution in [1.82, 2.24) is 15.8 Å². The van der Waals surface area contributed by atoms with Crippen LogP contribution < -0.4 is 10.6 Å². The van der Waals surface area contributed by atoms with E-state index in [0.717, 1.165) is 6.42 Å². The summed E-state index contributed by atoms with van der Waals surface area (Å²) in [4.78, 5) is 11.5. The van der Waals surface area contributed by atoms with Crippen molar-refractivity contribution in [2.75, 3.05) is 6.61 Å². The highest BCUT2D eigenvalue weighted by atomic mass is 16.5. The number of aromatic nitrogens is 1. The van der Waals surface area contributed by atoms with Crippen LogP contribution in [0.2, 0.25) is 0 Å². The third-order valence-corrected chi connectivity index (χ3v) is 2.23. The minimum atomic E-state index is -0.312. The zero-order valence-corrected chi connectivity index (χ0v) is 10.1. The zero-order chi connectivity index (χ0) is 12.7. The fourth-order valence-corrected chi connectivity index (χ4v) is 1.48. The van der Waals surface area contributed by atoms with Gasteiger partial charge in [-0.3, -0.25) is 0 Å². The van der Waals surface area contributed by atoms with E-state index in [9.17, 15) is 4.79 Å². The molecule has 3 N–H and O–H groups in total. The molecule has 0 fully saturated rings. The van der Waals surface area contributed by atoms with Gasteiger partial charge >= 0.3 is 6.03 Å². The summed E-state index contributed by atoms with van der Waals surface area (Å²) in [6, 6.07) is 1.15. The van der Waals surface area contributed by atoms with Crippen molar-refractivity contribution in [3.05, 3.63) is 18.0 Å². The molecule has 0 saturated carbocycles. The summed E-state index contributed by atoms with van der Waals surface area (Å²) in [5, 5.41) is 18.1. The number of amides is 2. The molecule has 96 valence electrons. The van der Waals surface area contributed by atoms with Crippen LogP contribution in [0.5, 0.6) is 0 Å². The first-order chi connectivity index (χ1) is 8.11. The van der Waals surface area contributed by atoms with Crippen LogP contribution in [-0.4, -0.2) is 28.9 Å². The number of hydrogen-bond acceptors (Lipinski definition) is 4. The minimum Gasteiger partial charge on any atom is -0.394 e. The number of carbonyl (C=O) groups is 1. The molecule has 6 nitrogen and oxygen atoms in total. The second kappa shape index (κ2) is 6.90. The molecule has 0 saturated heterocycles. The Hall–Kier alpha value is -1.56. The van der Waals surface area contributed by atoms with E-state index in [0.29, 0.717) is 18.2 Å². The van der Waals surface area contributed by atoms with E-state index in [4.69, 9.17) is 5.11 Å². The first kappa shape index (κ1) is 13.5. The maximum atomic E-state index is 11.5. The van der Waals surface area contributed by atoms with Crippen LogP contribution in [0.4, 0.5) is 4.79 Å². The van der Waals surface area contributed by atoms with Gasteiger partial charge in [0.1, 0.15) is 12.0 Å². The van der Waals surface area contributed by atoms with E-state index in [1.54, 1.807) is 6.07 Å². The first-order valence-corrected chi connectivity index (χ1v) is 5.66. The Morgan fingerprint density at radius 2 is 2.35 bits per heavy atom. The van der Waals surface area contributed by atoms with E-state index in [1.807, 2.05) is 13.8 Å². The monoisotopic (exact) mass is 241 g/mol. The molecule has 6 heteroatoms. The summed E-state index contributed by atoms with van der Waals surface area (Å²) in [6.45, 7) is 4.33. The summed E-state index contributed by atoms with van der Waals surface area (Å²) in [5.41, 5.74) is 0.657. The van der Waals surface area contributed by atoms with E-state index >= 15 is 0 Å². The summed E-state index contributed by atoms with van der Waals surface area (Å²) in [5.74, 6) is 0.419. The van der Waals surface area contributed by atoms with E-state index < -0.39 is 0 Å². The normalized spacial score (nSPS) is 12.5. The van der Waals surface area contributed by atoms with Crippen molar-refractivity contribution in [3.63, 3.8) is 0 Å². The molecule has 0 spiro atoms. The van der Waals surface area contributed by atoms with Gasteiger partial charge in [0.05, 0.1) is 19.2 Å². The molecule has 1 atom stereocenters. The molecule has 0 aliphatic rings. The van der Waals surface area contributed by atoms with Gasteiger partial charge in [-0.15, -0.1) is 0 Å². The largest absolute Gasteiger partial charge is 0.394 e. The summed E-state index contributed by atoms with van der Waals surface area (Å²) in [7, 11) is 0. The second-order valence-corrected chi connectivity index (χ2v) is 4.33. The van der Waals surface area contributed by atoms with Gasteiger partial charge in [0, 0.05) is 6.07 Å². The topological polar surface area (TPSA) is 87.4 Å². The third kappa shape index (κ3) is 5.35. The Bertz CT molecular complexity index is 325. The quantitative estimate of drug-likeness (QED) is 0.690. The van der Waals surface area contributed by atoms with Gasteiger partial charge in [-0.25, -0.2) is 4.79 Å². The lowest BCUT2D eigenvalue weighted by atomic mass is 10.0. The number of nitrogens with zero attached hydrogens (tertiary/aromatic N) is 1. The smallest absolute Gasteiger partial charge is 0.315 e. The Morgan fingerprint density at radius 1 is 1.59 bits per heavy atom. The number of aliphatic hydroxyl groups is 1. The summed E-state index contributed by atoms with van der Waals surface area (Å²) in [6.07, 6.45) is 2.19. The number of carbonyl (C=O) groups excluding carboxylic acids is 1. The minimum absolute atomic E-state index is 0.0600. The molecule has 1 heterocycles. The molecule has 17 heavy (non-hydrogen) atoms. The zero-order valence-electron chi connectivity index (χ0n) is 10.1. The molecular weight excluding hydrogens is 222 g/mol. The molecule has 0 radical (unpaired) electrons. The van der Waals surface area contributed by atoms with E-state index in [-0.39, 0.29) is 18.7 Å². The fourth-order valence-electron chi connectivity index (χ4n) is 1.48. The first-order valence-electron chi connectivity index (χ1n) is 5.66. The molecular formula is C11H19N3O3. The Balaban J connectivity index is 2.27. The van der Waals surface area contributed by atoms with Crippen LogP contribution >= 0.6 is 0 Å². The van der Waals surface area contributed by atoms with Crippen LogP contribution in [0.1, 0.15) is 26.0 Å². The number of aliphatic hydroxyl groups excluding tert-OH is 1. The Morgan fingerprint density at radius 3 is 2.88 bits per heavy atom. The average molecular weight is 241 g/mol. The standard InChI is InChI=1S/C11H19N3O3/c1-8(2)5-10(7-15)13-11(16)12-6-9-3-4-17-14-9/h3-4,8,10,15H,5-7H2,1-2H3,(H2,12,13,16). The van der Waals surface area contributed by atoms with Gasteiger partial charge in [-0.2, -0.15) is 0 Å². The number of nitrogens with one attached hydrogen (secondary N) is 2. The van der Waals surface area contributed by atoms with Crippen LogP contribution in [0.15, 0.2) is 16.9 Å². The number of hydrogen-bond donors (Lipinski definition) is 3. The molecule has 0 aliphatic heterocycles. The number of rotatable bonds is 6. The van der Waals surface area contributed by atoms with Crippen molar-refractivity contribution in [3.8, 4) is 0 Å². The lowest BCUT2D eigenvalue weighted by Crippen LogP contribution is -2.44. The molecule has 0 aliphatic carbocycles. The molecule has 2 amide bonds. The Kier molecular flexibility index (Phi) is 5.48. The molecule has 1 unspecified atom stereocenters. The predicted molar refractivity (Wildman–Crippen MR) is 62.2 cm³/mol. The van der Waals surface area contributed by atoms with Crippen LogP contribution in [-0.2, 0) is 6.54 Å². The van der Waals surface area contributed by atoms with E-state index in [2.05, 4.69) is 20.3 Å². The highest BCUT2D eigenvalue weighted by molar-refractivity contribution is 5.74. The maximum Gasteiger partial charge on any atom is 0.315 e. The molecule has 1 aromatic heterocycles. The molecule has 0 aromatic carbocycles. The van der Waals surface area contributed by atoms with Crippen molar-refractivity contribution in [1.29, 1.82) is 0 Å². The van der Waals surface area contributed by atoms with Crippen LogP contribution in [0, 0.1) is 5.92 Å². The summed E-state index contributed by atoms with van der Waals surface area (Å²) < 4.78 is 4.64. The van der Waals surface area contributed by atoms with Crippen molar-refractivity contribution < 1.29 is 14.4 Å². The SMILES string of the molecule is CC(C)CC(CO)NC(=O)NCc1ccon1. The molecule has 1 rings (SSSR count). The van der Waals surface area contributed by atoms with Gasteiger partial charge in [0.2, 0.25) is 0 Å². The number of urea groups is 1.